The van der Waals surface area contributed by atoms with E-state index in [2.05, 4.69) is 15.3 Å². The normalized spacial score (nSPS) is 17.3. The molecule has 3 N–H and O–H groups in total. The predicted molar refractivity (Wildman–Crippen MR) is 138 cm³/mol. The number of anilines is 2. The zero-order valence-corrected chi connectivity index (χ0v) is 22.0. The maximum Gasteiger partial charge on any atom is 0.416 e. The molecule has 3 heterocycles. The van der Waals surface area contributed by atoms with E-state index in [1.165, 1.54) is 11.0 Å². The van der Waals surface area contributed by atoms with Gasteiger partial charge in [0.1, 0.15) is 24.3 Å². The van der Waals surface area contributed by atoms with Crippen LogP contribution in [-0.4, -0.2) is 59.7 Å². The van der Waals surface area contributed by atoms with Crippen LogP contribution in [0.5, 0.6) is 11.5 Å². The highest BCUT2D eigenvalue weighted by molar-refractivity contribution is 7.72. The zero-order chi connectivity index (χ0) is 28.1. The van der Waals surface area contributed by atoms with Crippen LogP contribution in [0, 0.1) is 6.92 Å². The summed E-state index contributed by atoms with van der Waals surface area (Å²) in [5.41, 5.74) is 5.56. The number of alkyl halides is 4. The number of hydrogen-bond acceptors (Lipinski definition) is 8. The van der Waals surface area contributed by atoms with Crippen LogP contribution < -0.4 is 25.8 Å². The van der Waals surface area contributed by atoms with Gasteiger partial charge in [-0.15, -0.1) is 0 Å². The number of nitrogen functional groups attached to an aromatic ring is 1. The van der Waals surface area contributed by atoms with E-state index >= 15 is 0 Å². The van der Waals surface area contributed by atoms with Gasteiger partial charge in [-0.1, -0.05) is 0 Å². The number of nitrogens with zero attached hydrogens (tertiary/aromatic N) is 3. The highest BCUT2D eigenvalue weighted by Gasteiger charge is 2.38. The van der Waals surface area contributed by atoms with E-state index in [0.717, 1.165) is 12.1 Å². The number of halogens is 4. The van der Waals surface area contributed by atoms with E-state index < -0.39 is 37.5 Å². The highest BCUT2D eigenvalue weighted by atomic mass is 31.2. The highest BCUT2D eigenvalue weighted by Crippen LogP contribution is 2.53. The summed E-state index contributed by atoms with van der Waals surface area (Å²) < 4.78 is 78.6. The summed E-state index contributed by atoms with van der Waals surface area (Å²) in [4.78, 5) is 22.1. The summed E-state index contributed by atoms with van der Waals surface area (Å²) in [7, 11) is -3.10. The van der Waals surface area contributed by atoms with Crippen molar-refractivity contribution in [2.45, 2.75) is 26.1 Å². The lowest BCUT2D eigenvalue weighted by Gasteiger charge is -2.32. The molecule has 208 valence electrons. The van der Waals surface area contributed by atoms with Crippen molar-refractivity contribution < 1.29 is 36.4 Å². The summed E-state index contributed by atoms with van der Waals surface area (Å²) in [6.45, 7) is 2.38. The molecule has 1 saturated heterocycles. The molecular weight excluding hydrogens is 541 g/mol. The van der Waals surface area contributed by atoms with Gasteiger partial charge in [-0.2, -0.15) is 13.2 Å². The van der Waals surface area contributed by atoms with Crippen molar-refractivity contribution in [2.75, 3.05) is 49.9 Å². The number of aromatic nitrogens is 2. The van der Waals surface area contributed by atoms with Gasteiger partial charge in [-0.05, 0) is 43.7 Å². The van der Waals surface area contributed by atoms with E-state index in [1.807, 2.05) is 0 Å². The molecule has 2 aliphatic rings. The smallest absolute Gasteiger partial charge is 0.416 e. The number of hydrogen-bond donors (Lipinski definition) is 2. The zero-order valence-electron chi connectivity index (χ0n) is 21.1. The van der Waals surface area contributed by atoms with E-state index in [1.54, 1.807) is 19.9 Å². The predicted octanol–water partition coefficient (Wildman–Crippen LogP) is 4.24. The molecule has 0 unspecified atom stereocenters. The minimum absolute atomic E-state index is 0.0291. The lowest BCUT2D eigenvalue weighted by atomic mass is 10.0. The number of amides is 1. The number of nitrogens with two attached hydrogens (primary N) is 1. The second kappa shape index (κ2) is 9.86. The lowest BCUT2D eigenvalue weighted by Crippen LogP contribution is -2.41. The number of ether oxygens (including phenoxy) is 2. The maximum absolute atomic E-state index is 14.1. The van der Waals surface area contributed by atoms with Crippen LogP contribution in [0.4, 0.5) is 29.1 Å². The average molecular weight is 567 g/mol. The van der Waals surface area contributed by atoms with Crippen molar-refractivity contribution in [1.82, 2.24) is 14.9 Å². The quantitative estimate of drug-likeness (QED) is 0.267. The monoisotopic (exact) mass is 567 g/mol. The van der Waals surface area contributed by atoms with Crippen LogP contribution >= 0.6 is 7.14 Å². The fourth-order valence-electron chi connectivity index (χ4n) is 4.89. The number of rotatable bonds is 5. The van der Waals surface area contributed by atoms with Gasteiger partial charge in [0, 0.05) is 36.5 Å². The third-order valence-corrected chi connectivity index (χ3v) is 9.98. The molecule has 0 bridgehead atoms. The van der Waals surface area contributed by atoms with Gasteiger partial charge < -0.3 is 30.0 Å². The fourth-order valence-corrected chi connectivity index (χ4v) is 7.63. The molecule has 0 spiro atoms. The largest absolute Gasteiger partial charge is 0.453 e. The Morgan fingerprint density at radius 2 is 1.85 bits per heavy atom. The van der Waals surface area contributed by atoms with Gasteiger partial charge >= 0.3 is 6.18 Å². The average Bonchev–Trinajstić information content (AvgIpc) is 3.37. The number of benzene rings is 2. The molecule has 0 radical (unpaired) electrons. The summed E-state index contributed by atoms with van der Waals surface area (Å²) in [6, 6.07) is 4.36. The molecule has 1 atom stereocenters. The van der Waals surface area contributed by atoms with Crippen molar-refractivity contribution >= 4 is 40.8 Å². The first-order valence-electron chi connectivity index (χ1n) is 12.2. The molecule has 1 aromatic heterocycles. The number of carbonyl (C=O) groups is 1. The number of fused-ring (bicyclic) bond motifs is 3. The van der Waals surface area contributed by atoms with Crippen molar-refractivity contribution in [3.8, 4) is 11.5 Å². The standard InChI is InChI=1S/C25H26F4N5O4P/c1-13(15-7-16(25(27,28)29)9-17(30)8-15)31-24-18-10-19(39(36)5-3-34(4-6-39)20(35)11-26)22-23(38-12-37-22)21(18)32-14(2)33-24/h7-10,13H,3-6,11-12,30H2,1-2H3,(H,31,32,33)/t13-/m1/s1. The van der Waals surface area contributed by atoms with E-state index in [4.69, 9.17) is 15.2 Å². The Balaban J connectivity index is 1.56. The van der Waals surface area contributed by atoms with Gasteiger partial charge in [-0.25, -0.2) is 14.4 Å². The van der Waals surface area contributed by atoms with Crippen LogP contribution in [-0.2, 0) is 15.5 Å². The first-order chi connectivity index (χ1) is 18.4. The van der Waals surface area contributed by atoms with Crippen molar-refractivity contribution in [2.24, 2.45) is 0 Å². The van der Waals surface area contributed by atoms with Crippen LogP contribution in [0.25, 0.3) is 10.9 Å². The SMILES string of the molecule is Cc1nc(N[C@H](C)c2cc(N)cc(C(F)(F)F)c2)c2cc(P3(=O)CCN(C(=O)CF)CC3)c3c(c2n1)OCO3. The Hall–Kier alpha value is -3.60. The molecule has 9 nitrogen and oxygen atoms in total. The molecule has 39 heavy (non-hydrogen) atoms. The Labute approximate surface area is 221 Å². The second-order valence-electron chi connectivity index (χ2n) is 9.58. The molecular formula is C25H26F4N5O4P. The first-order valence-corrected chi connectivity index (χ1v) is 14.2. The van der Waals surface area contributed by atoms with Gasteiger partial charge in [-0.3, -0.25) is 4.79 Å². The minimum atomic E-state index is -4.56. The van der Waals surface area contributed by atoms with Crippen LogP contribution in [0.1, 0.15) is 29.9 Å². The van der Waals surface area contributed by atoms with Crippen LogP contribution in [0.3, 0.4) is 0 Å². The van der Waals surface area contributed by atoms with E-state index in [0.29, 0.717) is 44.9 Å². The van der Waals surface area contributed by atoms with Crippen molar-refractivity contribution in [3.05, 3.63) is 41.2 Å². The van der Waals surface area contributed by atoms with Crippen molar-refractivity contribution in [1.29, 1.82) is 0 Å². The molecule has 0 saturated carbocycles. The van der Waals surface area contributed by atoms with E-state index in [9.17, 15) is 26.9 Å². The molecule has 3 aromatic rings. The topological polar surface area (TPSA) is 120 Å². The maximum atomic E-state index is 14.1. The van der Waals surface area contributed by atoms with Gasteiger partial charge in [0.05, 0.1) is 16.9 Å². The second-order valence-corrected chi connectivity index (χ2v) is 12.7. The van der Waals surface area contributed by atoms with Gasteiger partial charge in [0.15, 0.2) is 18.2 Å². The molecule has 1 fully saturated rings. The molecule has 1 amide bonds. The van der Waals surface area contributed by atoms with Crippen LogP contribution in [0.15, 0.2) is 24.3 Å². The molecule has 0 aliphatic carbocycles. The molecule has 14 heteroatoms. The summed E-state index contributed by atoms with van der Waals surface area (Å²) in [5, 5.41) is 4.01. The Morgan fingerprint density at radius 1 is 1.15 bits per heavy atom. The molecule has 5 rings (SSSR count). The number of aryl methyl sites for hydroxylation is 1. The first kappa shape index (κ1) is 27.0. The Bertz CT molecular complexity index is 1500. The Kier molecular flexibility index (Phi) is 6.82. The van der Waals surface area contributed by atoms with Gasteiger partial charge in [0.25, 0.3) is 5.91 Å². The molecule has 2 aliphatic heterocycles. The third kappa shape index (κ3) is 5.07. The number of nitrogens with one attached hydrogen (secondary N) is 1. The third-order valence-electron chi connectivity index (χ3n) is 6.93. The fraction of sp³-hybridized carbons (Fsp3) is 0.400. The summed E-state index contributed by atoms with van der Waals surface area (Å²) in [6.07, 6.45) is -4.30. The van der Waals surface area contributed by atoms with Gasteiger partial charge in [0.2, 0.25) is 6.79 Å². The lowest BCUT2D eigenvalue weighted by molar-refractivity contribution is -0.137. The Morgan fingerprint density at radius 3 is 2.51 bits per heavy atom. The summed E-state index contributed by atoms with van der Waals surface area (Å²) >= 11 is 0. The summed E-state index contributed by atoms with van der Waals surface area (Å²) in [5.74, 6) is 0.627. The van der Waals surface area contributed by atoms with Crippen molar-refractivity contribution in [3.63, 3.8) is 0 Å². The molecule has 2 aromatic carbocycles. The number of carbonyl (C=O) groups excluding carboxylic acids is 1. The van der Waals surface area contributed by atoms with Crippen LogP contribution in [0.2, 0.25) is 0 Å². The van der Waals surface area contributed by atoms with E-state index in [-0.39, 0.29) is 37.9 Å². The minimum Gasteiger partial charge on any atom is -0.453 e.